The lowest BCUT2D eigenvalue weighted by Gasteiger charge is -2.36. The molecule has 1 heterocycles. The molecule has 5 nitrogen and oxygen atoms in total. The van der Waals surface area contributed by atoms with Crippen LogP contribution in [0.4, 0.5) is 5.69 Å². The number of piperazine rings is 1. The molecule has 0 aromatic heterocycles. The lowest BCUT2D eigenvalue weighted by molar-refractivity contribution is 0.379. The van der Waals surface area contributed by atoms with E-state index in [2.05, 4.69) is 22.3 Å². The first-order valence-electron chi connectivity index (χ1n) is 6.99. The topological polar surface area (TPSA) is 52.7 Å². The van der Waals surface area contributed by atoms with Crippen molar-refractivity contribution in [3.05, 3.63) is 30.3 Å². The van der Waals surface area contributed by atoms with Crippen molar-refractivity contribution < 1.29 is 8.42 Å². The van der Waals surface area contributed by atoms with E-state index in [9.17, 15) is 8.42 Å². The Kier molecular flexibility index (Phi) is 5.01. The molecule has 0 radical (unpaired) electrons. The summed E-state index contributed by atoms with van der Waals surface area (Å²) in [6.45, 7) is 4.86. The number of sulfonamides is 1. The Bertz CT molecular complexity index is 510. The van der Waals surface area contributed by atoms with Crippen molar-refractivity contribution >= 4 is 15.7 Å². The molecule has 20 heavy (non-hydrogen) atoms. The van der Waals surface area contributed by atoms with Gasteiger partial charge in [-0.25, -0.2) is 8.42 Å². The normalized spacial score (nSPS) is 19.0. The molecule has 0 amide bonds. The van der Waals surface area contributed by atoms with Gasteiger partial charge in [0.1, 0.15) is 0 Å². The van der Waals surface area contributed by atoms with Crippen LogP contribution in [0.15, 0.2) is 30.3 Å². The van der Waals surface area contributed by atoms with Gasteiger partial charge in [0, 0.05) is 38.4 Å². The predicted molar refractivity (Wildman–Crippen MR) is 82.5 cm³/mol. The van der Waals surface area contributed by atoms with Gasteiger partial charge in [0.15, 0.2) is 0 Å². The van der Waals surface area contributed by atoms with Crippen LogP contribution >= 0.6 is 0 Å². The Morgan fingerprint density at radius 1 is 1.15 bits per heavy atom. The van der Waals surface area contributed by atoms with E-state index in [0.717, 1.165) is 18.8 Å². The SMILES string of the molecule is CNCC(C)S(=O)(=O)N1CCN(c2ccccc2)CC1. The summed E-state index contributed by atoms with van der Waals surface area (Å²) in [5.41, 5.74) is 1.16. The van der Waals surface area contributed by atoms with Crippen molar-refractivity contribution in [2.24, 2.45) is 0 Å². The zero-order valence-corrected chi connectivity index (χ0v) is 12.9. The Hall–Kier alpha value is -1.11. The molecule has 112 valence electrons. The van der Waals surface area contributed by atoms with Gasteiger partial charge in [0.05, 0.1) is 5.25 Å². The second-order valence-electron chi connectivity index (χ2n) is 5.13. The van der Waals surface area contributed by atoms with Gasteiger partial charge < -0.3 is 10.2 Å². The molecule has 0 spiro atoms. The van der Waals surface area contributed by atoms with Gasteiger partial charge >= 0.3 is 0 Å². The molecule has 1 N–H and O–H groups in total. The van der Waals surface area contributed by atoms with E-state index >= 15 is 0 Å². The van der Waals surface area contributed by atoms with Gasteiger partial charge in [0.25, 0.3) is 0 Å². The maximum atomic E-state index is 12.4. The fourth-order valence-electron chi connectivity index (χ4n) is 2.49. The summed E-state index contributed by atoms with van der Waals surface area (Å²) in [5, 5.41) is 2.55. The number of hydrogen-bond donors (Lipinski definition) is 1. The second kappa shape index (κ2) is 6.56. The zero-order chi connectivity index (χ0) is 14.6. The quantitative estimate of drug-likeness (QED) is 0.871. The van der Waals surface area contributed by atoms with Crippen molar-refractivity contribution in [3.63, 3.8) is 0 Å². The molecule has 1 aromatic rings. The van der Waals surface area contributed by atoms with E-state index in [4.69, 9.17) is 0 Å². The molecule has 2 rings (SSSR count). The predicted octanol–water partition coefficient (Wildman–Crippen LogP) is 0.746. The van der Waals surface area contributed by atoms with Crippen LogP contribution in [0.5, 0.6) is 0 Å². The number of hydrogen-bond acceptors (Lipinski definition) is 4. The van der Waals surface area contributed by atoms with Gasteiger partial charge in [-0.3, -0.25) is 0 Å². The van der Waals surface area contributed by atoms with Crippen molar-refractivity contribution in [3.8, 4) is 0 Å². The highest BCUT2D eigenvalue weighted by atomic mass is 32.2. The van der Waals surface area contributed by atoms with Crippen molar-refractivity contribution in [1.29, 1.82) is 0 Å². The summed E-state index contributed by atoms with van der Waals surface area (Å²) in [6, 6.07) is 10.1. The molecule has 0 aliphatic carbocycles. The van der Waals surface area contributed by atoms with Crippen LogP contribution in [0, 0.1) is 0 Å². The average Bonchev–Trinajstić information content (AvgIpc) is 2.48. The molecule has 6 heteroatoms. The highest BCUT2D eigenvalue weighted by Crippen LogP contribution is 2.18. The third kappa shape index (κ3) is 3.31. The smallest absolute Gasteiger partial charge is 0.218 e. The van der Waals surface area contributed by atoms with Crippen molar-refractivity contribution in [1.82, 2.24) is 9.62 Å². The van der Waals surface area contributed by atoms with Gasteiger partial charge in [0.2, 0.25) is 10.0 Å². The maximum absolute atomic E-state index is 12.4. The van der Waals surface area contributed by atoms with Crippen molar-refractivity contribution in [2.75, 3.05) is 44.7 Å². The summed E-state index contributed by atoms with van der Waals surface area (Å²) < 4.78 is 26.4. The molecule has 1 saturated heterocycles. The van der Waals surface area contributed by atoms with E-state index in [1.54, 1.807) is 18.3 Å². The van der Waals surface area contributed by atoms with Crippen LogP contribution in [0.25, 0.3) is 0 Å². The number of nitrogens with one attached hydrogen (secondary N) is 1. The zero-order valence-electron chi connectivity index (χ0n) is 12.1. The summed E-state index contributed by atoms with van der Waals surface area (Å²) in [6.07, 6.45) is 0. The Morgan fingerprint density at radius 3 is 2.30 bits per heavy atom. The molecule has 1 aliphatic heterocycles. The Labute approximate surface area is 121 Å². The monoisotopic (exact) mass is 297 g/mol. The summed E-state index contributed by atoms with van der Waals surface area (Å²) in [5.74, 6) is 0. The molecular weight excluding hydrogens is 274 g/mol. The van der Waals surface area contributed by atoms with E-state index in [-0.39, 0.29) is 5.25 Å². The van der Waals surface area contributed by atoms with Crippen LogP contribution in [0.2, 0.25) is 0 Å². The minimum atomic E-state index is -3.19. The van der Waals surface area contributed by atoms with Gasteiger partial charge in [-0.1, -0.05) is 18.2 Å². The fraction of sp³-hybridized carbons (Fsp3) is 0.571. The molecule has 1 unspecified atom stereocenters. The number of nitrogens with zero attached hydrogens (tertiary/aromatic N) is 2. The average molecular weight is 297 g/mol. The second-order valence-corrected chi connectivity index (χ2v) is 7.49. The Morgan fingerprint density at radius 2 is 1.75 bits per heavy atom. The largest absolute Gasteiger partial charge is 0.369 e. The highest BCUT2D eigenvalue weighted by molar-refractivity contribution is 7.89. The number of para-hydroxylation sites is 1. The van der Waals surface area contributed by atoms with Gasteiger partial charge in [-0.2, -0.15) is 4.31 Å². The standard InChI is InChI=1S/C14H23N3O2S/c1-13(12-15-2)20(18,19)17-10-8-16(9-11-17)14-6-4-3-5-7-14/h3-7,13,15H,8-12H2,1-2H3. The molecule has 0 saturated carbocycles. The molecule has 1 aliphatic rings. The highest BCUT2D eigenvalue weighted by Gasteiger charge is 2.31. The number of rotatable bonds is 5. The fourth-order valence-corrected chi connectivity index (χ4v) is 4.05. The maximum Gasteiger partial charge on any atom is 0.218 e. The van der Waals surface area contributed by atoms with Gasteiger partial charge in [-0.15, -0.1) is 0 Å². The van der Waals surface area contributed by atoms with Gasteiger partial charge in [-0.05, 0) is 26.1 Å². The van der Waals surface area contributed by atoms with Crippen LogP contribution in [-0.4, -0.2) is 57.7 Å². The Balaban J connectivity index is 1.98. The summed E-state index contributed by atoms with van der Waals surface area (Å²) in [7, 11) is -1.41. The molecule has 1 fully saturated rings. The summed E-state index contributed by atoms with van der Waals surface area (Å²) in [4.78, 5) is 2.23. The van der Waals surface area contributed by atoms with Crippen LogP contribution in [0.3, 0.4) is 0 Å². The molecule has 1 atom stereocenters. The van der Waals surface area contributed by atoms with E-state index in [0.29, 0.717) is 19.6 Å². The third-order valence-corrected chi connectivity index (χ3v) is 5.99. The van der Waals surface area contributed by atoms with E-state index in [1.807, 2.05) is 18.2 Å². The van der Waals surface area contributed by atoms with E-state index in [1.165, 1.54) is 0 Å². The van der Waals surface area contributed by atoms with Crippen LogP contribution in [0.1, 0.15) is 6.92 Å². The molecule has 1 aromatic carbocycles. The van der Waals surface area contributed by atoms with E-state index < -0.39 is 10.0 Å². The first-order chi connectivity index (χ1) is 9.55. The van der Waals surface area contributed by atoms with Crippen LogP contribution in [-0.2, 0) is 10.0 Å². The van der Waals surface area contributed by atoms with Crippen molar-refractivity contribution in [2.45, 2.75) is 12.2 Å². The molecule has 0 bridgehead atoms. The first-order valence-corrected chi connectivity index (χ1v) is 8.49. The lowest BCUT2D eigenvalue weighted by Crippen LogP contribution is -2.51. The minimum absolute atomic E-state index is 0.379. The summed E-state index contributed by atoms with van der Waals surface area (Å²) >= 11 is 0. The minimum Gasteiger partial charge on any atom is -0.369 e. The first kappa shape index (κ1) is 15.3. The lowest BCUT2D eigenvalue weighted by atomic mass is 10.2. The van der Waals surface area contributed by atoms with Crippen LogP contribution < -0.4 is 10.2 Å². The third-order valence-electron chi connectivity index (χ3n) is 3.72. The number of anilines is 1. The number of benzene rings is 1. The molecular formula is C14H23N3O2S.